The monoisotopic (exact) mass is 369 g/mol. The zero-order chi connectivity index (χ0) is 19.4. The van der Waals surface area contributed by atoms with Crippen molar-refractivity contribution < 1.29 is 13.9 Å². The first-order chi connectivity index (χ1) is 12.9. The zero-order valence-corrected chi connectivity index (χ0v) is 15.8. The van der Waals surface area contributed by atoms with E-state index in [9.17, 15) is 9.18 Å². The molecule has 6 heteroatoms. The number of fused-ring (bicyclic) bond motifs is 1. The van der Waals surface area contributed by atoms with E-state index in [4.69, 9.17) is 4.74 Å². The molecule has 142 valence electrons. The normalized spacial score (nSPS) is 11.1. The Morgan fingerprint density at radius 1 is 1.19 bits per heavy atom. The van der Waals surface area contributed by atoms with Crippen LogP contribution in [0.25, 0.3) is 10.9 Å². The van der Waals surface area contributed by atoms with E-state index in [1.165, 1.54) is 12.1 Å². The number of ether oxygens (including phenoxy) is 1. The van der Waals surface area contributed by atoms with Crippen molar-refractivity contribution in [3.8, 4) is 5.75 Å². The Balaban J connectivity index is 1.61. The van der Waals surface area contributed by atoms with Gasteiger partial charge in [0.15, 0.2) is 0 Å². The number of aromatic amines is 1. The van der Waals surface area contributed by atoms with Crippen molar-refractivity contribution in [2.45, 2.75) is 13.3 Å². The van der Waals surface area contributed by atoms with Gasteiger partial charge in [-0.15, -0.1) is 0 Å². The molecule has 0 fully saturated rings. The molecule has 3 rings (SSSR count). The Morgan fingerprint density at radius 2 is 1.93 bits per heavy atom. The van der Waals surface area contributed by atoms with Gasteiger partial charge in [0.05, 0.1) is 6.61 Å². The van der Waals surface area contributed by atoms with Crippen LogP contribution in [0, 0.1) is 12.7 Å². The maximum atomic E-state index is 13.5. The first kappa shape index (κ1) is 18.9. The van der Waals surface area contributed by atoms with Crippen molar-refractivity contribution in [3.05, 3.63) is 59.5 Å². The minimum atomic E-state index is -0.324. The van der Waals surface area contributed by atoms with E-state index < -0.39 is 0 Å². The average molecular weight is 369 g/mol. The molecule has 1 aromatic heterocycles. The molecule has 0 aliphatic rings. The molecule has 2 aromatic carbocycles. The highest BCUT2D eigenvalue weighted by molar-refractivity contribution is 6.06. The molecule has 0 spiro atoms. The number of benzene rings is 2. The van der Waals surface area contributed by atoms with Crippen LogP contribution < -0.4 is 10.1 Å². The number of anilines is 1. The van der Waals surface area contributed by atoms with Gasteiger partial charge in [-0.2, -0.15) is 0 Å². The van der Waals surface area contributed by atoms with E-state index in [2.05, 4.69) is 15.2 Å². The molecule has 0 bridgehead atoms. The Kier molecular flexibility index (Phi) is 5.76. The molecule has 0 saturated heterocycles. The Labute approximate surface area is 158 Å². The average Bonchev–Trinajstić information content (AvgIpc) is 3.04. The number of hydrogen-bond acceptors (Lipinski definition) is 3. The Bertz CT molecular complexity index is 932. The van der Waals surface area contributed by atoms with Crippen LogP contribution in [0.15, 0.2) is 42.5 Å². The number of hydrogen-bond donors (Lipinski definition) is 2. The van der Waals surface area contributed by atoms with Gasteiger partial charge in [0.2, 0.25) is 0 Å². The summed E-state index contributed by atoms with van der Waals surface area (Å²) in [5.41, 5.74) is 2.46. The van der Waals surface area contributed by atoms with Gasteiger partial charge < -0.3 is 19.9 Å². The first-order valence-electron chi connectivity index (χ1n) is 8.90. The third kappa shape index (κ3) is 4.86. The van der Waals surface area contributed by atoms with E-state index in [0.717, 1.165) is 29.7 Å². The highest BCUT2D eigenvalue weighted by Gasteiger charge is 2.12. The Morgan fingerprint density at radius 3 is 2.63 bits per heavy atom. The van der Waals surface area contributed by atoms with E-state index >= 15 is 0 Å². The Hall–Kier alpha value is -2.86. The van der Waals surface area contributed by atoms with Gasteiger partial charge >= 0.3 is 0 Å². The number of nitrogens with one attached hydrogen (secondary N) is 2. The molecule has 5 nitrogen and oxygen atoms in total. The van der Waals surface area contributed by atoms with Crippen molar-refractivity contribution in [1.29, 1.82) is 0 Å². The van der Waals surface area contributed by atoms with Gasteiger partial charge in [-0.05, 0) is 75.5 Å². The van der Waals surface area contributed by atoms with Crippen LogP contribution in [0.1, 0.15) is 22.5 Å². The summed E-state index contributed by atoms with van der Waals surface area (Å²) in [5, 5.41) is 3.67. The highest BCUT2D eigenvalue weighted by atomic mass is 19.1. The van der Waals surface area contributed by atoms with Crippen LogP contribution in [-0.4, -0.2) is 43.0 Å². The van der Waals surface area contributed by atoms with E-state index in [1.807, 2.05) is 33.2 Å². The van der Waals surface area contributed by atoms with Crippen LogP contribution in [-0.2, 0) is 0 Å². The summed E-state index contributed by atoms with van der Waals surface area (Å²) in [6.07, 6.45) is 0.950. The largest absolute Gasteiger partial charge is 0.494 e. The van der Waals surface area contributed by atoms with Gasteiger partial charge in [-0.1, -0.05) is 0 Å². The lowest BCUT2D eigenvalue weighted by Gasteiger charge is -2.11. The third-order valence-electron chi connectivity index (χ3n) is 4.28. The number of aromatic nitrogens is 1. The number of aryl methyl sites for hydroxylation is 1. The fourth-order valence-corrected chi connectivity index (χ4v) is 2.90. The lowest BCUT2D eigenvalue weighted by molar-refractivity contribution is 0.102. The molecule has 27 heavy (non-hydrogen) atoms. The smallest absolute Gasteiger partial charge is 0.272 e. The summed E-state index contributed by atoms with van der Waals surface area (Å²) in [6, 6.07) is 11.8. The number of nitrogens with zero attached hydrogens (tertiary/aromatic N) is 1. The fourth-order valence-electron chi connectivity index (χ4n) is 2.90. The summed E-state index contributed by atoms with van der Waals surface area (Å²) in [5.74, 6) is 0.170. The predicted molar refractivity (Wildman–Crippen MR) is 106 cm³/mol. The summed E-state index contributed by atoms with van der Waals surface area (Å²) in [6.45, 7) is 3.44. The minimum absolute atomic E-state index is 0.273. The van der Waals surface area contributed by atoms with Crippen molar-refractivity contribution in [2.75, 3.05) is 32.6 Å². The van der Waals surface area contributed by atoms with E-state index in [0.29, 0.717) is 23.5 Å². The third-order valence-corrected chi connectivity index (χ3v) is 4.28. The molecular formula is C21H24FN3O2. The van der Waals surface area contributed by atoms with Crippen LogP contribution >= 0.6 is 0 Å². The van der Waals surface area contributed by atoms with E-state index in [-0.39, 0.29) is 11.7 Å². The standard InChI is InChI=1S/C21H24FN3O2/c1-14-11-15(22)12-19-18(14)13-20(24-19)21(26)23-16-5-7-17(8-6-16)27-10-4-9-25(2)3/h5-8,11-13,24H,4,9-10H2,1-3H3,(H,23,26). The predicted octanol–water partition coefficient (Wildman–Crippen LogP) is 4.20. The highest BCUT2D eigenvalue weighted by Crippen LogP contribution is 2.22. The van der Waals surface area contributed by atoms with Gasteiger partial charge in [0, 0.05) is 23.1 Å². The van der Waals surface area contributed by atoms with Crippen molar-refractivity contribution in [3.63, 3.8) is 0 Å². The fraction of sp³-hybridized carbons (Fsp3) is 0.286. The maximum absolute atomic E-state index is 13.5. The first-order valence-corrected chi connectivity index (χ1v) is 8.90. The molecule has 1 amide bonds. The summed E-state index contributed by atoms with van der Waals surface area (Å²) >= 11 is 0. The molecule has 0 aliphatic heterocycles. The lowest BCUT2D eigenvalue weighted by Crippen LogP contribution is -2.15. The van der Waals surface area contributed by atoms with Crippen molar-refractivity contribution in [1.82, 2.24) is 9.88 Å². The molecule has 0 unspecified atom stereocenters. The van der Waals surface area contributed by atoms with Crippen LogP contribution in [0.3, 0.4) is 0 Å². The minimum Gasteiger partial charge on any atom is -0.494 e. The van der Waals surface area contributed by atoms with Crippen molar-refractivity contribution >= 4 is 22.5 Å². The summed E-state index contributed by atoms with van der Waals surface area (Å²) < 4.78 is 19.2. The van der Waals surface area contributed by atoms with Crippen LogP contribution in [0.2, 0.25) is 0 Å². The molecular weight excluding hydrogens is 345 g/mol. The number of carbonyl (C=O) groups is 1. The summed E-state index contributed by atoms with van der Waals surface area (Å²) in [7, 11) is 4.06. The number of carbonyl (C=O) groups excluding carboxylic acids is 1. The van der Waals surface area contributed by atoms with E-state index in [1.54, 1.807) is 18.2 Å². The van der Waals surface area contributed by atoms with Gasteiger partial charge in [-0.25, -0.2) is 4.39 Å². The number of rotatable bonds is 7. The maximum Gasteiger partial charge on any atom is 0.272 e. The van der Waals surface area contributed by atoms with Crippen LogP contribution in [0.5, 0.6) is 5.75 Å². The molecule has 0 radical (unpaired) electrons. The molecule has 3 aromatic rings. The topological polar surface area (TPSA) is 57.4 Å². The quantitative estimate of drug-likeness (QED) is 0.614. The number of halogens is 1. The molecule has 2 N–H and O–H groups in total. The van der Waals surface area contributed by atoms with Gasteiger partial charge in [-0.3, -0.25) is 4.79 Å². The second-order valence-electron chi connectivity index (χ2n) is 6.85. The SMILES string of the molecule is Cc1cc(F)cc2[nH]c(C(=O)Nc3ccc(OCCCN(C)C)cc3)cc12. The molecule has 0 atom stereocenters. The van der Waals surface area contributed by atoms with Gasteiger partial charge in [0.1, 0.15) is 17.3 Å². The molecule has 1 heterocycles. The molecule has 0 aliphatic carbocycles. The second kappa shape index (κ2) is 8.22. The number of H-pyrrole nitrogens is 1. The van der Waals surface area contributed by atoms with Crippen molar-refractivity contribution in [2.24, 2.45) is 0 Å². The lowest BCUT2D eigenvalue weighted by atomic mass is 10.1. The summed E-state index contributed by atoms with van der Waals surface area (Å²) in [4.78, 5) is 17.6. The second-order valence-corrected chi connectivity index (χ2v) is 6.85. The van der Waals surface area contributed by atoms with Crippen LogP contribution in [0.4, 0.5) is 10.1 Å². The zero-order valence-electron chi connectivity index (χ0n) is 15.8. The number of amides is 1. The van der Waals surface area contributed by atoms with Gasteiger partial charge in [0.25, 0.3) is 5.91 Å². The molecule has 0 saturated carbocycles.